The molecule has 1 aliphatic rings. The van der Waals surface area contributed by atoms with Gasteiger partial charge in [0.15, 0.2) is 9.84 Å². The fourth-order valence-corrected chi connectivity index (χ4v) is 4.05. The number of hydrogen-bond acceptors (Lipinski definition) is 4. The van der Waals surface area contributed by atoms with Crippen LogP contribution in [0.4, 0.5) is 18.9 Å². The third-order valence-corrected chi connectivity index (χ3v) is 5.26. The van der Waals surface area contributed by atoms with Crippen LogP contribution in [-0.4, -0.2) is 38.4 Å². The highest BCUT2D eigenvalue weighted by Crippen LogP contribution is 2.30. The summed E-state index contributed by atoms with van der Waals surface area (Å²) in [5.41, 5.74) is -0.752. The molecule has 0 bridgehead atoms. The topological polar surface area (TPSA) is 75.3 Å². The predicted octanol–water partition coefficient (Wildman–Crippen LogP) is 1.81. The van der Waals surface area contributed by atoms with Gasteiger partial charge in [-0.25, -0.2) is 8.42 Å². The molecule has 9 heteroatoms. The Labute approximate surface area is 132 Å². The molecule has 2 rings (SSSR count). The van der Waals surface area contributed by atoms with Crippen LogP contribution in [0, 0.1) is 0 Å². The Morgan fingerprint density at radius 1 is 1.30 bits per heavy atom. The zero-order valence-electron chi connectivity index (χ0n) is 12.2. The van der Waals surface area contributed by atoms with Gasteiger partial charge in [-0.15, -0.1) is 0 Å². The number of anilines is 1. The summed E-state index contributed by atoms with van der Waals surface area (Å²) in [7, 11) is -2.98. The molecule has 1 amide bonds. The Kier molecular flexibility index (Phi) is 5.30. The highest BCUT2D eigenvalue weighted by Gasteiger charge is 2.30. The van der Waals surface area contributed by atoms with Gasteiger partial charge in [0.2, 0.25) is 5.91 Å². The molecule has 0 aromatic heterocycles. The molecule has 1 atom stereocenters. The van der Waals surface area contributed by atoms with Crippen LogP contribution in [0.25, 0.3) is 0 Å². The molecule has 0 aliphatic carbocycles. The van der Waals surface area contributed by atoms with Crippen LogP contribution in [0.5, 0.6) is 0 Å². The van der Waals surface area contributed by atoms with E-state index in [4.69, 9.17) is 0 Å². The highest BCUT2D eigenvalue weighted by molar-refractivity contribution is 7.91. The first-order chi connectivity index (χ1) is 10.7. The van der Waals surface area contributed by atoms with E-state index in [0.29, 0.717) is 6.42 Å². The van der Waals surface area contributed by atoms with E-state index in [-0.39, 0.29) is 36.2 Å². The van der Waals surface area contributed by atoms with Crippen molar-refractivity contribution >= 4 is 21.4 Å². The van der Waals surface area contributed by atoms with Crippen molar-refractivity contribution in [2.24, 2.45) is 0 Å². The number of hydrogen-bond donors (Lipinski definition) is 2. The predicted molar refractivity (Wildman–Crippen MR) is 79.8 cm³/mol. The average Bonchev–Trinajstić information content (AvgIpc) is 2.77. The van der Waals surface area contributed by atoms with Crippen molar-refractivity contribution in [3.05, 3.63) is 29.8 Å². The van der Waals surface area contributed by atoms with E-state index >= 15 is 0 Å². The van der Waals surface area contributed by atoms with Crippen LogP contribution >= 0.6 is 0 Å². The second kappa shape index (κ2) is 6.88. The number of carbonyl (C=O) groups is 1. The Morgan fingerprint density at radius 2 is 2.04 bits per heavy atom. The molecule has 0 radical (unpaired) electrons. The molecule has 1 saturated heterocycles. The minimum Gasteiger partial charge on any atom is -0.326 e. The number of rotatable bonds is 5. The maximum absolute atomic E-state index is 12.6. The molecule has 1 fully saturated rings. The average molecular weight is 350 g/mol. The van der Waals surface area contributed by atoms with Gasteiger partial charge in [-0.05, 0) is 24.6 Å². The van der Waals surface area contributed by atoms with Crippen LogP contribution < -0.4 is 10.6 Å². The van der Waals surface area contributed by atoms with E-state index in [0.717, 1.165) is 12.1 Å². The first kappa shape index (κ1) is 17.7. The van der Waals surface area contributed by atoms with E-state index in [9.17, 15) is 26.4 Å². The van der Waals surface area contributed by atoms with E-state index in [1.807, 2.05) is 0 Å². The highest BCUT2D eigenvalue weighted by atomic mass is 32.2. The van der Waals surface area contributed by atoms with Gasteiger partial charge in [-0.1, -0.05) is 6.07 Å². The minimum atomic E-state index is -4.46. The monoisotopic (exact) mass is 350 g/mol. The third-order valence-electron chi connectivity index (χ3n) is 3.49. The number of benzene rings is 1. The number of nitrogens with one attached hydrogen (secondary N) is 2. The van der Waals surface area contributed by atoms with Crippen LogP contribution in [0.2, 0.25) is 0 Å². The van der Waals surface area contributed by atoms with E-state index in [1.54, 1.807) is 0 Å². The molecule has 0 spiro atoms. The van der Waals surface area contributed by atoms with Crippen LogP contribution in [0.1, 0.15) is 18.4 Å². The number of carbonyl (C=O) groups excluding carboxylic acids is 1. The zero-order valence-corrected chi connectivity index (χ0v) is 13.0. The zero-order chi connectivity index (χ0) is 17.1. The molecule has 1 aliphatic heterocycles. The van der Waals surface area contributed by atoms with Crippen molar-refractivity contribution in [2.75, 3.05) is 23.4 Å². The standard InChI is InChI=1S/C14H17F3N2O3S/c15-14(16,17)10-2-1-3-11(8-10)19-13(20)4-6-18-12-5-7-23(21,22)9-12/h1-3,8,12,18H,4-7,9H2,(H,19,20). The smallest absolute Gasteiger partial charge is 0.326 e. The molecule has 1 aromatic rings. The van der Waals surface area contributed by atoms with Gasteiger partial charge in [0, 0.05) is 24.7 Å². The Balaban J connectivity index is 1.79. The largest absolute Gasteiger partial charge is 0.416 e. The summed E-state index contributed by atoms with van der Waals surface area (Å²) < 4.78 is 60.3. The molecule has 128 valence electrons. The van der Waals surface area contributed by atoms with Crippen LogP contribution in [-0.2, 0) is 20.8 Å². The molecule has 5 nitrogen and oxygen atoms in total. The molecular formula is C14H17F3N2O3S. The molecule has 1 heterocycles. The van der Waals surface area contributed by atoms with Gasteiger partial charge in [-0.3, -0.25) is 4.79 Å². The van der Waals surface area contributed by atoms with E-state index in [1.165, 1.54) is 12.1 Å². The van der Waals surface area contributed by atoms with Gasteiger partial charge in [0.05, 0.1) is 17.1 Å². The van der Waals surface area contributed by atoms with E-state index < -0.39 is 27.5 Å². The van der Waals surface area contributed by atoms with Gasteiger partial charge in [0.25, 0.3) is 0 Å². The maximum atomic E-state index is 12.6. The first-order valence-electron chi connectivity index (χ1n) is 7.07. The van der Waals surface area contributed by atoms with Crippen molar-refractivity contribution in [1.82, 2.24) is 5.32 Å². The normalized spacial score (nSPS) is 20.4. The second-order valence-corrected chi connectivity index (χ2v) is 7.66. The van der Waals surface area contributed by atoms with Crippen molar-refractivity contribution < 1.29 is 26.4 Å². The Bertz CT molecular complexity index is 674. The number of sulfone groups is 1. The SMILES string of the molecule is O=C(CCNC1CCS(=O)(=O)C1)Nc1cccc(C(F)(F)F)c1. The van der Waals surface area contributed by atoms with Gasteiger partial charge < -0.3 is 10.6 Å². The molecule has 0 saturated carbocycles. The quantitative estimate of drug-likeness (QED) is 0.849. The van der Waals surface area contributed by atoms with Crippen LogP contribution in [0.15, 0.2) is 24.3 Å². The maximum Gasteiger partial charge on any atom is 0.416 e. The van der Waals surface area contributed by atoms with Gasteiger partial charge >= 0.3 is 6.18 Å². The fraction of sp³-hybridized carbons (Fsp3) is 0.500. The first-order valence-corrected chi connectivity index (χ1v) is 8.89. The minimum absolute atomic E-state index is 0.0484. The Morgan fingerprint density at radius 3 is 2.65 bits per heavy atom. The summed E-state index contributed by atoms with van der Waals surface area (Å²) in [6.07, 6.45) is -3.90. The summed E-state index contributed by atoms with van der Waals surface area (Å²) in [5.74, 6) is -0.235. The van der Waals surface area contributed by atoms with Crippen molar-refractivity contribution in [1.29, 1.82) is 0 Å². The summed E-state index contributed by atoms with van der Waals surface area (Å²) in [6.45, 7) is 0.269. The molecule has 1 aromatic carbocycles. The number of halogens is 3. The van der Waals surface area contributed by atoms with E-state index in [2.05, 4.69) is 10.6 Å². The number of alkyl halides is 3. The third kappa shape index (κ3) is 5.51. The summed E-state index contributed by atoms with van der Waals surface area (Å²) in [4.78, 5) is 11.7. The van der Waals surface area contributed by atoms with Gasteiger partial charge in [-0.2, -0.15) is 13.2 Å². The van der Waals surface area contributed by atoms with Crippen molar-refractivity contribution in [2.45, 2.75) is 25.1 Å². The lowest BCUT2D eigenvalue weighted by atomic mass is 10.2. The summed E-state index contributed by atoms with van der Waals surface area (Å²) in [5, 5.41) is 5.37. The lowest BCUT2D eigenvalue weighted by Crippen LogP contribution is -2.32. The Hall–Kier alpha value is -1.61. The van der Waals surface area contributed by atoms with Crippen molar-refractivity contribution in [3.8, 4) is 0 Å². The fourth-order valence-electron chi connectivity index (χ4n) is 2.34. The number of amides is 1. The lowest BCUT2D eigenvalue weighted by molar-refractivity contribution is -0.137. The molecular weight excluding hydrogens is 333 g/mol. The molecule has 23 heavy (non-hydrogen) atoms. The lowest BCUT2D eigenvalue weighted by Gasteiger charge is -2.12. The second-order valence-electron chi connectivity index (χ2n) is 5.43. The molecule has 2 N–H and O–H groups in total. The molecule has 1 unspecified atom stereocenters. The summed E-state index contributed by atoms with van der Waals surface area (Å²) >= 11 is 0. The van der Waals surface area contributed by atoms with Gasteiger partial charge in [0.1, 0.15) is 0 Å². The van der Waals surface area contributed by atoms with Crippen molar-refractivity contribution in [3.63, 3.8) is 0 Å². The summed E-state index contributed by atoms with van der Waals surface area (Å²) in [6, 6.07) is 4.23. The van der Waals surface area contributed by atoms with Crippen LogP contribution in [0.3, 0.4) is 0 Å².